The van der Waals surface area contributed by atoms with Crippen molar-refractivity contribution in [3.63, 3.8) is 0 Å². The Morgan fingerprint density at radius 2 is 2.07 bits per heavy atom. The molecule has 0 heterocycles. The third kappa shape index (κ3) is 1.97. The standard InChI is InChI=1S/C12H10BrClO/c1-15-11-5-3-9-6-8(7-14)2-4-10(9)12(11)13/h2-6H,7H2,1H3. The molecule has 0 fully saturated rings. The van der Waals surface area contributed by atoms with Gasteiger partial charge in [-0.05, 0) is 44.4 Å². The van der Waals surface area contributed by atoms with E-state index in [9.17, 15) is 0 Å². The van der Waals surface area contributed by atoms with Gasteiger partial charge < -0.3 is 4.74 Å². The minimum Gasteiger partial charge on any atom is -0.496 e. The second kappa shape index (κ2) is 4.42. The second-order valence-corrected chi connectivity index (χ2v) is 4.33. The molecule has 0 unspecified atom stereocenters. The SMILES string of the molecule is COc1ccc2cc(CCl)ccc2c1Br. The van der Waals surface area contributed by atoms with Gasteiger partial charge in [0.15, 0.2) is 0 Å². The molecule has 0 amide bonds. The third-order valence-corrected chi connectivity index (χ3v) is 3.48. The molecule has 3 heteroatoms. The number of hydrogen-bond donors (Lipinski definition) is 0. The average Bonchev–Trinajstić information content (AvgIpc) is 2.29. The summed E-state index contributed by atoms with van der Waals surface area (Å²) in [6.45, 7) is 0. The lowest BCUT2D eigenvalue weighted by atomic mass is 10.1. The molecule has 0 radical (unpaired) electrons. The van der Waals surface area contributed by atoms with Crippen molar-refractivity contribution >= 4 is 38.3 Å². The van der Waals surface area contributed by atoms with Gasteiger partial charge in [0.1, 0.15) is 5.75 Å². The zero-order valence-corrected chi connectivity index (χ0v) is 10.6. The molecule has 0 aliphatic carbocycles. The van der Waals surface area contributed by atoms with E-state index in [1.54, 1.807) is 7.11 Å². The Kier molecular flexibility index (Phi) is 3.17. The molecule has 0 aromatic heterocycles. The van der Waals surface area contributed by atoms with Gasteiger partial charge in [-0.25, -0.2) is 0 Å². The Labute approximate surface area is 102 Å². The first-order valence-corrected chi connectivity index (χ1v) is 5.90. The molecule has 1 nitrogen and oxygen atoms in total. The van der Waals surface area contributed by atoms with Crippen LogP contribution >= 0.6 is 27.5 Å². The van der Waals surface area contributed by atoms with E-state index in [0.29, 0.717) is 5.88 Å². The normalized spacial score (nSPS) is 10.6. The van der Waals surface area contributed by atoms with Crippen LogP contribution in [0.25, 0.3) is 10.8 Å². The van der Waals surface area contributed by atoms with E-state index in [1.807, 2.05) is 18.2 Å². The van der Waals surface area contributed by atoms with Crippen molar-refractivity contribution in [1.82, 2.24) is 0 Å². The molecule has 0 atom stereocenters. The van der Waals surface area contributed by atoms with Gasteiger partial charge in [0.2, 0.25) is 0 Å². The van der Waals surface area contributed by atoms with E-state index in [2.05, 4.69) is 28.1 Å². The molecule has 0 N–H and O–H groups in total. The van der Waals surface area contributed by atoms with E-state index in [0.717, 1.165) is 21.2 Å². The molecule has 2 aromatic carbocycles. The van der Waals surface area contributed by atoms with Crippen LogP contribution in [-0.2, 0) is 5.88 Å². The second-order valence-electron chi connectivity index (χ2n) is 3.27. The predicted molar refractivity (Wildman–Crippen MR) is 67.8 cm³/mol. The maximum Gasteiger partial charge on any atom is 0.133 e. The van der Waals surface area contributed by atoms with Gasteiger partial charge in [0, 0.05) is 5.88 Å². The molecule has 0 saturated heterocycles. The molecular formula is C12H10BrClO. The van der Waals surface area contributed by atoms with Crippen molar-refractivity contribution in [2.75, 3.05) is 7.11 Å². The van der Waals surface area contributed by atoms with Gasteiger partial charge in [-0.15, -0.1) is 11.6 Å². The first kappa shape index (κ1) is 10.8. The summed E-state index contributed by atoms with van der Waals surface area (Å²) in [5.74, 6) is 1.39. The van der Waals surface area contributed by atoms with Gasteiger partial charge in [-0.2, -0.15) is 0 Å². The van der Waals surface area contributed by atoms with Gasteiger partial charge in [0.25, 0.3) is 0 Å². The minimum atomic E-state index is 0.541. The average molecular weight is 286 g/mol. The Hall–Kier alpha value is -0.730. The summed E-state index contributed by atoms with van der Waals surface area (Å²) in [6, 6.07) is 10.2. The molecule has 15 heavy (non-hydrogen) atoms. The lowest BCUT2D eigenvalue weighted by Gasteiger charge is -2.07. The first-order chi connectivity index (χ1) is 7.26. The number of hydrogen-bond acceptors (Lipinski definition) is 1. The van der Waals surface area contributed by atoms with Crippen LogP contribution in [0, 0.1) is 0 Å². The minimum absolute atomic E-state index is 0.541. The highest BCUT2D eigenvalue weighted by molar-refractivity contribution is 9.10. The highest BCUT2D eigenvalue weighted by Gasteiger charge is 2.05. The lowest BCUT2D eigenvalue weighted by Crippen LogP contribution is -1.86. The maximum absolute atomic E-state index is 5.79. The molecule has 0 spiro atoms. The number of fused-ring (bicyclic) bond motifs is 1. The van der Waals surface area contributed by atoms with Crippen LogP contribution in [0.2, 0.25) is 0 Å². The number of rotatable bonds is 2. The molecule has 0 aliphatic rings. The van der Waals surface area contributed by atoms with E-state index in [4.69, 9.17) is 16.3 Å². The summed E-state index contributed by atoms with van der Waals surface area (Å²) in [6.07, 6.45) is 0. The Bertz CT molecular complexity index is 496. The van der Waals surface area contributed by atoms with Crippen LogP contribution < -0.4 is 4.74 Å². The molecule has 78 valence electrons. The van der Waals surface area contributed by atoms with E-state index in [1.165, 1.54) is 5.39 Å². The molecule has 0 aliphatic heterocycles. The van der Waals surface area contributed by atoms with Crippen LogP contribution in [0.1, 0.15) is 5.56 Å². The number of benzene rings is 2. The van der Waals surface area contributed by atoms with Gasteiger partial charge in [-0.1, -0.05) is 18.2 Å². The Morgan fingerprint density at radius 3 is 2.73 bits per heavy atom. The van der Waals surface area contributed by atoms with Gasteiger partial charge in [0.05, 0.1) is 11.6 Å². The molecule has 0 saturated carbocycles. The van der Waals surface area contributed by atoms with Gasteiger partial charge >= 0.3 is 0 Å². The molecular weight excluding hydrogens is 275 g/mol. The van der Waals surface area contributed by atoms with Crippen LogP contribution in [0.3, 0.4) is 0 Å². The number of ether oxygens (including phenoxy) is 1. The van der Waals surface area contributed by atoms with Crippen molar-refractivity contribution in [1.29, 1.82) is 0 Å². The number of halogens is 2. The quantitative estimate of drug-likeness (QED) is 0.745. The fourth-order valence-electron chi connectivity index (χ4n) is 1.56. The zero-order chi connectivity index (χ0) is 10.8. The summed E-state index contributed by atoms with van der Waals surface area (Å²) >= 11 is 9.32. The summed E-state index contributed by atoms with van der Waals surface area (Å²) in [4.78, 5) is 0. The van der Waals surface area contributed by atoms with Crippen LogP contribution in [0.15, 0.2) is 34.8 Å². The van der Waals surface area contributed by atoms with Gasteiger partial charge in [-0.3, -0.25) is 0 Å². The van der Waals surface area contributed by atoms with E-state index < -0.39 is 0 Å². The molecule has 2 rings (SSSR count). The highest BCUT2D eigenvalue weighted by Crippen LogP contribution is 2.33. The van der Waals surface area contributed by atoms with E-state index in [-0.39, 0.29) is 0 Å². The predicted octanol–water partition coefficient (Wildman–Crippen LogP) is 4.35. The van der Waals surface area contributed by atoms with E-state index >= 15 is 0 Å². The van der Waals surface area contributed by atoms with Crippen molar-refractivity contribution < 1.29 is 4.74 Å². The van der Waals surface area contributed by atoms with Crippen LogP contribution in [0.4, 0.5) is 0 Å². The molecule has 2 aromatic rings. The fraction of sp³-hybridized carbons (Fsp3) is 0.167. The summed E-state index contributed by atoms with van der Waals surface area (Å²) in [5.41, 5.74) is 1.13. The number of alkyl halides is 1. The Morgan fingerprint density at radius 1 is 1.27 bits per heavy atom. The van der Waals surface area contributed by atoms with Crippen molar-refractivity contribution in [3.05, 3.63) is 40.4 Å². The van der Waals surface area contributed by atoms with Crippen molar-refractivity contribution in [2.24, 2.45) is 0 Å². The smallest absolute Gasteiger partial charge is 0.133 e. The zero-order valence-electron chi connectivity index (χ0n) is 8.26. The summed E-state index contributed by atoms with van der Waals surface area (Å²) < 4.78 is 6.23. The highest BCUT2D eigenvalue weighted by atomic mass is 79.9. The van der Waals surface area contributed by atoms with Crippen LogP contribution in [0.5, 0.6) is 5.75 Å². The lowest BCUT2D eigenvalue weighted by molar-refractivity contribution is 0.413. The third-order valence-electron chi connectivity index (χ3n) is 2.36. The number of methoxy groups -OCH3 is 1. The summed E-state index contributed by atoms with van der Waals surface area (Å²) in [7, 11) is 1.67. The summed E-state index contributed by atoms with van der Waals surface area (Å²) in [5, 5.41) is 2.31. The fourth-order valence-corrected chi connectivity index (χ4v) is 2.38. The maximum atomic E-state index is 5.79. The van der Waals surface area contributed by atoms with Crippen molar-refractivity contribution in [3.8, 4) is 5.75 Å². The molecule has 0 bridgehead atoms. The first-order valence-electron chi connectivity index (χ1n) is 4.57. The monoisotopic (exact) mass is 284 g/mol. The topological polar surface area (TPSA) is 9.23 Å². The Balaban J connectivity index is 2.68. The van der Waals surface area contributed by atoms with Crippen molar-refractivity contribution in [2.45, 2.75) is 5.88 Å². The largest absolute Gasteiger partial charge is 0.496 e. The van der Waals surface area contributed by atoms with Crippen LogP contribution in [-0.4, -0.2) is 7.11 Å².